The Morgan fingerprint density at radius 1 is 1.19 bits per heavy atom. The van der Waals surface area contributed by atoms with Gasteiger partial charge in [0.25, 0.3) is 15.7 Å². The van der Waals surface area contributed by atoms with Crippen LogP contribution in [0.15, 0.2) is 51.8 Å². The van der Waals surface area contributed by atoms with E-state index in [2.05, 4.69) is 20.7 Å². The van der Waals surface area contributed by atoms with Crippen LogP contribution >= 0.6 is 15.9 Å². The fourth-order valence-corrected chi connectivity index (χ4v) is 3.27. The molecule has 0 radical (unpaired) electrons. The van der Waals surface area contributed by atoms with Crippen molar-refractivity contribution in [2.45, 2.75) is 4.90 Å². The molecule has 0 atom stereocenters. The van der Waals surface area contributed by atoms with Gasteiger partial charge in [-0.2, -0.15) is 0 Å². The van der Waals surface area contributed by atoms with Crippen LogP contribution in [0.25, 0.3) is 0 Å². The molecule has 0 fully saturated rings. The van der Waals surface area contributed by atoms with Crippen molar-refractivity contribution in [2.24, 2.45) is 0 Å². The van der Waals surface area contributed by atoms with Crippen molar-refractivity contribution in [1.82, 2.24) is 0 Å². The lowest BCUT2D eigenvalue weighted by Crippen LogP contribution is -2.13. The number of hydrogen-bond donors (Lipinski definition) is 2. The van der Waals surface area contributed by atoms with Crippen molar-refractivity contribution in [1.29, 1.82) is 0 Å². The number of rotatable bonds is 4. The highest BCUT2D eigenvalue weighted by molar-refractivity contribution is 9.10. The standard InChI is InChI=1S/C12H9BrN2O5S/c13-11-6-8(15(17)18)4-5-12(11)14-21(19,20)10-3-1-2-9(16)7-10/h1-7,14,16H. The van der Waals surface area contributed by atoms with Gasteiger partial charge in [-0.05, 0) is 34.1 Å². The average Bonchev–Trinajstić information content (AvgIpc) is 2.40. The summed E-state index contributed by atoms with van der Waals surface area (Å²) in [6, 6.07) is 8.83. The molecule has 0 bridgehead atoms. The van der Waals surface area contributed by atoms with E-state index in [1.54, 1.807) is 0 Å². The highest BCUT2D eigenvalue weighted by atomic mass is 79.9. The van der Waals surface area contributed by atoms with E-state index in [-0.39, 0.29) is 26.5 Å². The van der Waals surface area contributed by atoms with E-state index in [0.717, 1.165) is 6.07 Å². The minimum atomic E-state index is -3.90. The first-order valence-electron chi connectivity index (χ1n) is 5.55. The van der Waals surface area contributed by atoms with Crippen LogP contribution < -0.4 is 4.72 Å². The number of halogens is 1. The van der Waals surface area contributed by atoms with E-state index in [0.29, 0.717) is 0 Å². The lowest BCUT2D eigenvalue weighted by Gasteiger charge is -2.09. The maximum atomic E-state index is 12.1. The fourth-order valence-electron chi connectivity index (χ4n) is 1.55. The van der Waals surface area contributed by atoms with Crippen LogP contribution in [0.5, 0.6) is 5.75 Å². The minimum Gasteiger partial charge on any atom is -0.508 e. The number of nitrogens with zero attached hydrogens (tertiary/aromatic N) is 1. The fraction of sp³-hybridized carbons (Fsp3) is 0. The van der Waals surface area contributed by atoms with Crippen molar-refractivity contribution >= 4 is 37.3 Å². The van der Waals surface area contributed by atoms with Crippen LogP contribution in [0.3, 0.4) is 0 Å². The highest BCUT2D eigenvalue weighted by Crippen LogP contribution is 2.29. The van der Waals surface area contributed by atoms with Crippen molar-refractivity contribution in [3.05, 3.63) is 57.1 Å². The van der Waals surface area contributed by atoms with Gasteiger partial charge in [-0.3, -0.25) is 14.8 Å². The minimum absolute atomic E-state index is 0.118. The number of nitrogens with one attached hydrogen (secondary N) is 1. The molecule has 9 heteroatoms. The van der Waals surface area contributed by atoms with Crippen LogP contribution in [0.2, 0.25) is 0 Å². The number of phenols is 1. The number of aromatic hydroxyl groups is 1. The van der Waals surface area contributed by atoms with Gasteiger partial charge < -0.3 is 5.11 Å². The summed E-state index contributed by atoms with van der Waals surface area (Å²) in [5.74, 6) is -0.180. The van der Waals surface area contributed by atoms with Crippen molar-refractivity contribution in [3.63, 3.8) is 0 Å². The summed E-state index contributed by atoms with van der Waals surface area (Å²) in [4.78, 5) is 9.92. The smallest absolute Gasteiger partial charge is 0.270 e. The SMILES string of the molecule is O=[N+]([O-])c1ccc(NS(=O)(=O)c2cccc(O)c2)c(Br)c1. The van der Waals surface area contributed by atoms with Gasteiger partial charge in [0.05, 0.1) is 15.5 Å². The zero-order chi connectivity index (χ0) is 15.6. The normalized spacial score (nSPS) is 11.1. The Balaban J connectivity index is 2.35. The molecule has 0 aromatic heterocycles. The molecule has 0 aliphatic carbocycles. The second kappa shape index (κ2) is 5.70. The summed E-state index contributed by atoms with van der Waals surface area (Å²) in [6.45, 7) is 0. The predicted octanol–water partition coefficient (Wildman–Crippen LogP) is 2.86. The Hall–Kier alpha value is -2.13. The molecule has 2 aromatic carbocycles. The summed E-state index contributed by atoms with van der Waals surface area (Å²) < 4.78 is 26.8. The van der Waals surface area contributed by atoms with Crippen molar-refractivity contribution < 1.29 is 18.4 Å². The molecule has 2 rings (SSSR count). The molecular formula is C12H9BrN2O5S. The highest BCUT2D eigenvalue weighted by Gasteiger charge is 2.17. The van der Waals surface area contributed by atoms with E-state index in [1.807, 2.05) is 0 Å². The largest absolute Gasteiger partial charge is 0.508 e. The molecule has 0 amide bonds. The Labute approximate surface area is 128 Å². The van der Waals surface area contributed by atoms with Crippen LogP contribution in [-0.2, 0) is 10.0 Å². The Kier molecular flexibility index (Phi) is 4.14. The number of hydrogen-bond acceptors (Lipinski definition) is 5. The van der Waals surface area contributed by atoms with Gasteiger partial charge in [0, 0.05) is 22.7 Å². The zero-order valence-corrected chi connectivity index (χ0v) is 12.8. The van der Waals surface area contributed by atoms with Crippen LogP contribution in [0.4, 0.5) is 11.4 Å². The van der Waals surface area contributed by atoms with Gasteiger partial charge in [0.2, 0.25) is 0 Å². The van der Waals surface area contributed by atoms with Gasteiger partial charge in [-0.15, -0.1) is 0 Å². The predicted molar refractivity (Wildman–Crippen MR) is 79.7 cm³/mol. The molecule has 0 saturated heterocycles. The monoisotopic (exact) mass is 372 g/mol. The lowest BCUT2D eigenvalue weighted by molar-refractivity contribution is -0.384. The number of nitro groups is 1. The van der Waals surface area contributed by atoms with E-state index < -0.39 is 14.9 Å². The maximum Gasteiger partial charge on any atom is 0.270 e. The van der Waals surface area contributed by atoms with Crippen LogP contribution in [0, 0.1) is 10.1 Å². The second-order valence-corrected chi connectivity index (χ2v) is 6.56. The van der Waals surface area contributed by atoms with Gasteiger partial charge in [0.1, 0.15) is 5.75 Å². The first kappa shape index (κ1) is 15.3. The maximum absolute atomic E-state index is 12.1. The molecule has 21 heavy (non-hydrogen) atoms. The van der Waals surface area contributed by atoms with Crippen molar-refractivity contribution in [2.75, 3.05) is 4.72 Å². The number of phenolic OH excluding ortho intramolecular Hbond substituents is 1. The van der Waals surface area contributed by atoms with Gasteiger partial charge in [0.15, 0.2) is 0 Å². The molecule has 0 aliphatic heterocycles. The van der Waals surface area contributed by atoms with E-state index in [4.69, 9.17) is 0 Å². The van der Waals surface area contributed by atoms with Gasteiger partial charge in [-0.1, -0.05) is 6.07 Å². The van der Waals surface area contributed by atoms with E-state index in [1.165, 1.54) is 36.4 Å². The number of benzene rings is 2. The topological polar surface area (TPSA) is 110 Å². The first-order valence-corrected chi connectivity index (χ1v) is 7.83. The summed E-state index contributed by atoms with van der Waals surface area (Å²) in [6.07, 6.45) is 0. The first-order chi connectivity index (χ1) is 9.79. The van der Waals surface area contributed by atoms with Gasteiger partial charge >= 0.3 is 0 Å². The third-order valence-electron chi connectivity index (χ3n) is 2.54. The molecule has 0 aliphatic rings. The lowest BCUT2D eigenvalue weighted by atomic mass is 10.3. The van der Waals surface area contributed by atoms with E-state index in [9.17, 15) is 23.6 Å². The van der Waals surface area contributed by atoms with Crippen LogP contribution in [0.1, 0.15) is 0 Å². The molecule has 0 unspecified atom stereocenters. The molecule has 2 aromatic rings. The van der Waals surface area contributed by atoms with E-state index >= 15 is 0 Å². The third kappa shape index (κ3) is 3.50. The Morgan fingerprint density at radius 2 is 1.90 bits per heavy atom. The molecule has 0 spiro atoms. The molecular weight excluding hydrogens is 364 g/mol. The molecule has 110 valence electrons. The zero-order valence-electron chi connectivity index (χ0n) is 10.4. The van der Waals surface area contributed by atoms with Crippen LogP contribution in [-0.4, -0.2) is 18.4 Å². The quantitative estimate of drug-likeness (QED) is 0.633. The average molecular weight is 373 g/mol. The van der Waals surface area contributed by atoms with Gasteiger partial charge in [-0.25, -0.2) is 8.42 Å². The second-order valence-electron chi connectivity index (χ2n) is 4.02. The number of non-ortho nitro benzene ring substituents is 1. The molecule has 0 saturated carbocycles. The number of nitro benzene ring substituents is 1. The number of sulfonamides is 1. The summed E-state index contributed by atoms with van der Waals surface area (Å²) in [5.41, 5.74) is -0.00822. The molecule has 7 nitrogen and oxygen atoms in total. The summed E-state index contributed by atoms with van der Waals surface area (Å²) in [5, 5.41) is 19.9. The summed E-state index contributed by atoms with van der Waals surface area (Å²) in [7, 11) is -3.90. The molecule has 0 heterocycles. The number of anilines is 1. The molecule has 2 N–H and O–H groups in total. The third-order valence-corrected chi connectivity index (χ3v) is 4.55. The summed E-state index contributed by atoms with van der Waals surface area (Å²) >= 11 is 3.07. The Morgan fingerprint density at radius 3 is 2.48 bits per heavy atom. The Bertz CT molecular complexity index is 807. The van der Waals surface area contributed by atoms with Crippen molar-refractivity contribution in [3.8, 4) is 5.75 Å².